The van der Waals surface area contributed by atoms with Crippen molar-refractivity contribution in [3.8, 4) is 0 Å². The van der Waals surface area contributed by atoms with E-state index < -0.39 is 0 Å². The smallest absolute Gasteiger partial charge is 0.0357 e. The van der Waals surface area contributed by atoms with Crippen molar-refractivity contribution in [3.63, 3.8) is 0 Å². The maximum atomic E-state index is 4.29. The molecule has 0 bridgehead atoms. The van der Waals surface area contributed by atoms with Crippen molar-refractivity contribution in [2.24, 2.45) is 4.99 Å². The van der Waals surface area contributed by atoms with Gasteiger partial charge in [0.15, 0.2) is 0 Å². The molecule has 0 aliphatic heterocycles. The van der Waals surface area contributed by atoms with Gasteiger partial charge in [0.1, 0.15) is 0 Å². The molecule has 0 rings (SSSR count). The van der Waals surface area contributed by atoms with Gasteiger partial charge in [-0.25, -0.2) is 0 Å². The number of allylic oxidation sites excluding steroid dienone is 2. The average molecular weight is 125 g/mol. The molecule has 0 aromatic rings. The van der Waals surface area contributed by atoms with Crippen LogP contribution in [0.5, 0.6) is 0 Å². The van der Waals surface area contributed by atoms with E-state index in [2.05, 4.69) is 11.9 Å². The van der Waals surface area contributed by atoms with E-state index in [1.54, 1.807) is 0 Å². The number of hydrogen-bond acceptors (Lipinski definition) is 1. The van der Waals surface area contributed by atoms with Gasteiger partial charge in [-0.1, -0.05) is 13.0 Å². The molecule has 0 unspecified atom stereocenters. The summed E-state index contributed by atoms with van der Waals surface area (Å²) in [5, 5.41) is 0. The Morgan fingerprint density at radius 2 is 2.00 bits per heavy atom. The van der Waals surface area contributed by atoms with E-state index in [9.17, 15) is 0 Å². The summed E-state index contributed by atoms with van der Waals surface area (Å²) in [7, 11) is 0. The maximum absolute atomic E-state index is 4.29. The van der Waals surface area contributed by atoms with Crippen LogP contribution in [0.25, 0.3) is 0 Å². The average Bonchev–Trinajstić information content (AvgIpc) is 1.82. The van der Waals surface area contributed by atoms with Crippen molar-refractivity contribution < 1.29 is 0 Å². The summed E-state index contributed by atoms with van der Waals surface area (Å²) in [5.74, 6) is 0. The van der Waals surface area contributed by atoms with Crippen molar-refractivity contribution in [1.29, 1.82) is 0 Å². The topological polar surface area (TPSA) is 12.4 Å². The molecule has 0 radical (unpaired) electrons. The molecule has 0 amide bonds. The van der Waals surface area contributed by atoms with E-state index in [1.165, 1.54) is 5.70 Å². The highest BCUT2D eigenvalue weighted by molar-refractivity contribution is 5.80. The van der Waals surface area contributed by atoms with Gasteiger partial charge in [-0.3, -0.25) is 4.99 Å². The summed E-state index contributed by atoms with van der Waals surface area (Å²) in [5.41, 5.74) is 2.31. The van der Waals surface area contributed by atoms with Gasteiger partial charge in [0.25, 0.3) is 0 Å². The molecule has 0 spiro atoms. The van der Waals surface area contributed by atoms with Crippen LogP contribution in [-0.4, -0.2) is 5.71 Å². The molecule has 0 atom stereocenters. The van der Waals surface area contributed by atoms with Gasteiger partial charge in [-0.05, 0) is 27.2 Å². The minimum atomic E-state index is 1.03. The van der Waals surface area contributed by atoms with E-state index >= 15 is 0 Å². The lowest BCUT2D eigenvalue weighted by molar-refractivity contribution is 1.06. The number of hydrogen-bond donors (Lipinski definition) is 0. The van der Waals surface area contributed by atoms with Gasteiger partial charge in [0, 0.05) is 11.4 Å². The molecule has 0 aliphatic rings. The highest BCUT2D eigenvalue weighted by Crippen LogP contribution is 2.01. The second kappa shape index (κ2) is 4.30. The van der Waals surface area contributed by atoms with Crippen molar-refractivity contribution in [3.05, 3.63) is 11.8 Å². The first-order valence-corrected chi connectivity index (χ1v) is 3.37. The first-order valence-electron chi connectivity index (χ1n) is 3.37. The lowest BCUT2D eigenvalue weighted by Crippen LogP contribution is -1.82. The SMILES string of the molecule is C/C=C(/CC)N=C(C)C. The van der Waals surface area contributed by atoms with Crippen LogP contribution >= 0.6 is 0 Å². The number of nitrogens with zero attached hydrogens (tertiary/aromatic N) is 1. The van der Waals surface area contributed by atoms with E-state index in [1.807, 2.05) is 26.8 Å². The number of rotatable bonds is 2. The first kappa shape index (κ1) is 8.41. The summed E-state index contributed by atoms with van der Waals surface area (Å²) in [6.07, 6.45) is 3.08. The highest BCUT2D eigenvalue weighted by atomic mass is 14.7. The minimum absolute atomic E-state index is 1.03. The van der Waals surface area contributed by atoms with Crippen LogP contribution in [0.2, 0.25) is 0 Å². The van der Waals surface area contributed by atoms with Crippen molar-refractivity contribution in [1.82, 2.24) is 0 Å². The zero-order valence-electron chi connectivity index (χ0n) is 6.73. The zero-order valence-corrected chi connectivity index (χ0v) is 6.73. The van der Waals surface area contributed by atoms with Crippen LogP contribution < -0.4 is 0 Å². The molecule has 9 heavy (non-hydrogen) atoms. The Kier molecular flexibility index (Phi) is 4.02. The predicted molar refractivity (Wildman–Crippen MR) is 42.8 cm³/mol. The lowest BCUT2D eigenvalue weighted by atomic mass is 10.3. The van der Waals surface area contributed by atoms with Crippen LogP contribution in [0.15, 0.2) is 16.8 Å². The normalized spacial score (nSPS) is 11.3. The van der Waals surface area contributed by atoms with Crippen molar-refractivity contribution >= 4 is 5.71 Å². The third kappa shape index (κ3) is 3.95. The molecule has 0 saturated heterocycles. The standard InChI is InChI=1S/C8H15N/c1-5-8(6-2)9-7(3)4/h5H,6H2,1-4H3/b8-5-. The summed E-state index contributed by atoms with van der Waals surface area (Å²) < 4.78 is 0. The molecule has 1 heteroatoms. The molecule has 1 nitrogen and oxygen atoms in total. The Bertz CT molecular complexity index is 128. The Labute approximate surface area is 57.5 Å². The Morgan fingerprint density at radius 3 is 2.11 bits per heavy atom. The van der Waals surface area contributed by atoms with Crippen LogP contribution in [0, 0.1) is 0 Å². The van der Waals surface area contributed by atoms with E-state index in [4.69, 9.17) is 0 Å². The van der Waals surface area contributed by atoms with E-state index in [0.29, 0.717) is 0 Å². The Morgan fingerprint density at radius 1 is 1.44 bits per heavy atom. The number of aliphatic imine (C=N–C) groups is 1. The monoisotopic (exact) mass is 125 g/mol. The van der Waals surface area contributed by atoms with E-state index in [0.717, 1.165) is 12.1 Å². The van der Waals surface area contributed by atoms with Crippen molar-refractivity contribution in [2.45, 2.75) is 34.1 Å². The molecular weight excluding hydrogens is 110 g/mol. The summed E-state index contributed by atoms with van der Waals surface area (Å²) >= 11 is 0. The summed E-state index contributed by atoms with van der Waals surface area (Å²) in [6.45, 7) is 8.16. The van der Waals surface area contributed by atoms with Crippen LogP contribution in [0.1, 0.15) is 34.1 Å². The van der Waals surface area contributed by atoms with Crippen LogP contribution in [0.4, 0.5) is 0 Å². The Hall–Kier alpha value is -0.590. The molecule has 0 aromatic heterocycles. The molecule has 0 saturated carbocycles. The predicted octanol–water partition coefficient (Wildman–Crippen LogP) is 2.78. The van der Waals surface area contributed by atoms with Gasteiger partial charge >= 0.3 is 0 Å². The molecule has 0 fully saturated rings. The fourth-order valence-corrected chi connectivity index (χ4v) is 0.635. The lowest BCUT2D eigenvalue weighted by Gasteiger charge is -1.94. The molecule has 0 aliphatic carbocycles. The van der Waals surface area contributed by atoms with Gasteiger partial charge < -0.3 is 0 Å². The third-order valence-electron chi connectivity index (χ3n) is 1.06. The molecule has 0 aromatic carbocycles. The van der Waals surface area contributed by atoms with Gasteiger partial charge in [-0.15, -0.1) is 0 Å². The largest absolute Gasteiger partial charge is 0.263 e. The zero-order chi connectivity index (χ0) is 7.28. The third-order valence-corrected chi connectivity index (χ3v) is 1.06. The van der Waals surface area contributed by atoms with Crippen LogP contribution in [0.3, 0.4) is 0 Å². The fraction of sp³-hybridized carbons (Fsp3) is 0.625. The van der Waals surface area contributed by atoms with E-state index in [-0.39, 0.29) is 0 Å². The molecule has 52 valence electrons. The molecular formula is C8H15N. The quantitative estimate of drug-likeness (QED) is 0.503. The summed E-state index contributed by atoms with van der Waals surface area (Å²) in [6, 6.07) is 0. The highest BCUT2D eigenvalue weighted by Gasteiger charge is 1.85. The first-order chi connectivity index (χ1) is 4.20. The molecule has 0 heterocycles. The van der Waals surface area contributed by atoms with Crippen molar-refractivity contribution in [2.75, 3.05) is 0 Å². The Balaban J connectivity index is 4.01. The van der Waals surface area contributed by atoms with Crippen LogP contribution in [-0.2, 0) is 0 Å². The second-order valence-electron chi connectivity index (χ2n) is 2.19. The minimum Gasteiger partial charge on any atom is -0.263 e. The second-order valence-corrected chi connectivity index (χ2v) is 2.19. The van der Waals surface area contributed by atoms with Gasteiger partial charge in [0.2, 0.25) is 0 Å². The fourth-order valence-electron chi connectivity index (χ4n) is 0.635. The summed E-state index contributed by atoms with van der Waals surface area (Å²) in [4.78, 5) is 4.29. The van der Waals surface area contributed by atoms with Gasteiger partial charge in [0.05, 0.1) is 0 Å². The maximum Gasteiger partial charge on any atom is 0.0357 e. The van der Waals surface area contributed by atoms with Gasteiger partial charge in [-0.2, -0.15) is 0 Å². The molecule has 0 N–H and O–H groups in total.